The fourth-order valence-electron chi connectivity index (χ4n) is 4.10. The molecule has 1 aliphatic heterocycles. The summed E-state index contributed by atoms with van der Waals surface area (Å²) in [7, 11) is 0. The van der Waals surface area contributed by atoms with Crippen LogP contribution in [0.5, 0.6) is 0 Å². The van der Waals surface area contributed by atoms with Gasteiger partial charge in [-0.25, -0.2) is 4.99 Å². The van der Waals surface area contributed by atoms with E-state index in [0.717, 1.165) is 46.7 Å². The highest BCUT2D eigenvalue weighted by molar-refractivity contribution is 7.12. The topological polar surface area (TPSA) is 61.8 Å². The lowest BCUT2D eigenvalue weighted by Gasteiger charge is -2.23. The van der Waals surface area contributed by atoms with Crippen molar-refractivity contribution >= 4 is 40.2 Å². The number of hydrogen-bond acceptors (Lipinski definition) is 4. The summed E-state index contributed by atoms with van der Waals surface area (Å²) >= 11 is 1.58. The van der Waals surface area contributed by atoms with Crippen molar-refractivity contribution in [3.05, 3.63) is 57.3 Å². The number of aryl methyl sites for hydroxylation is 2. The van der Waals surface area contributed by atoms with E-state index in [-0.39, 0.29) is 24.8 Å². The number of aliphatic imine (C=N–C) groups is 1. The van der Waals surface area contributed by atoms with Crippen LogP contribution in [0.1, 0.15) is 54.5 Å². The molecule has 31 heavy (non-hydrogen) atoms. The second kappa shape index (κ2) is 9.60. The standard InChI is InChI=1S/C25H29N3O2S/c1-17-13-20-22(14-18(17)2)28(25(30)15-21(27-20)23-9-6-12-31-23)16-24(29)26-11-10-19-7-4-3-5-8-19/h6-7,9,12-14H,3-5,8,10-11,15-16H2,1-2H3,(H,26,29). The molecule has 0 unspecified atom stereocenters. The van der Waals surface area contributed by atoms with Crippen molar-refractivity contribution in [3.8, 4) is 0 Å². The Morgan fingerprint density at radius 3 is 2.81 bits per heavy atom. The average Bonchev–Trinajstić information content (AvgIpc) is 3.26. The van der Waals surface area contributed by atoms with E-state index in [4.69, 9.17) is 4.99 Å². The normalized spacial score (nSPS) is 16.3. The summed E-state index contributed by atoms with van der Waals surface area (Å²) in [4.78, 5) is 33.3. The monoisotopic (exact) mass is 435 g/mol. The summed E-state index contributed by atoms with van der Waals surface area (Å²) in [5.74, 6) is -0.229. The molecule has 0 atom stereocenters. The third kappa shape index (κ3) is 5.13. The molecule has 1 N–H and O–H groups in total. The minimum absolute atomic E-state index is 0.0145. The highest BCUT2D eigenvalue weighted by atomic mass is 32.1. The van der Waals surface area contributed by atoms with Crippen LogP contribution in [-0.2, 0) is 9.59 Å². The first-order valence-corrected chi connectivity index (χ1v) is 11.9. The molecule has 0 spiro atoms. The minimum Gasteiger partial charge on any atom is -0.354 e. The summed E-state index contributed by atoms with van der Waals surface area (Å²) in [6.07, 6.45) is 8.17. The van der Waals surface area contributed by atoms with Gasteiger partial charge in [0.2, 0.25) is 11.8 Å². The number of nitrogens with one attached hydrogen (secondary N) is 1. The lowest BCUT2D eigenvalue weighted by Crippen LogP contribution is -2.41. The maximum atomic E-state index is 13.2. The fourth-order valence-corrected chi connectivity index (χ4v) is 4.82. The van der Waals surface area contributed by atoms with Gasteiger partial charge in [0.05, 0.1) is 23.5 Å². The zero-order valence-electron chi connectivity index (χ0n) is 18.2. The molecule has 1 aromatic carbocycles. The molecule has 0 radical (unpaired) electrons. The van der Waals surface area contributed by atoms with E-state index in [0.29, 0.717) is 12.2 Å². The van der Waals surface area contributed by atoms with E-state index in [1.54, 1.807) is 16.2 Å². The number of allylic oxidation sites excluding steroid dienone is 1. The maximum Gasteiger partial charge on any atom is 0.240 e. The van der Waals surface area contributed by atoms with Crippen molar-refractivity contribution in [3.63, 3.8) is 0 Å². The highest BCUT2D eigenvalue weighted by Gasteiger charge is 2.27. The molecule has 1 aromatic heterocycles. The van der Waals surface area contributed by atoms with Gasteiger partial charge in [-0.1, -0.05) is 17.7 Å². The first-order valence-electron chi connectivity index (χ1n) is 11.0. The lowest BCUT2D eigenvalue weighted by atomic mass is 9.97. The van der Waals surface area contributed by atoms with E-state index >= 15 is 0 Å². The molecular formula is C25H29N3O2S. The van der Waals surface area contributed by atoms with Crippen LogP contribution in [0.4, 0.5) is 11.4 Å². The van der Waals surface area contributed by atoms with Crippen LogP contribution in [0.25, 0.3) is 0 Å². The van der Waals surface area contributed by atoms with Crippen LogP contribution < -0.4 is 10.2 Å². The molecule has 0 fully saturated rings. The van der Waals surface area contributed by atoms with Crippen molar-refractivity contribution in [2.45, 2.75) is 52.4 Å². The van der Waals surface area contributed by atoms with Crippen molar-refractivity contribution in [1.29, 1.82) is 0 Å². The van der Waals surface area contributed by atoms with E-state index in [9.17, 15) is 9.59 Å². The van der Waals surface area contributed by atoms with Crippen LogP contribution in [0.3, 0.4) is 0 Å². The molecule has 0 bridgehead atoms. The molecule has 0 saturated carbocycles. The second-order valence-electron chi connectivity index (χ2n) is 8.33. The van der Waals surface area contributed by atoms with Crippen LogP contribution in [0, 0.1) is 13.8 Å². The summed E-state index contributed by atoms with van der Waals surface area (Å²) < 4.78 is 0. The van der Waals surface area contributed by atoms with Gasteiger partial charge in [-0.15, -0.1) is 11.3 Å². The summed E-state index contributed by atoms with van der Waals surface area (Å²) in [5, 5.41) is 4.99. The molecule has 2 aliphatic rings. The van der Waals surface area contributed by atoms with Gasteiger partial charge < -0.3 is 10.2 Å². The largest absolute Gasteiger partial charge is 0.354 e. The zero-order chi connectivity index (χ0) is 21.8. The Labute approximate surface area is 187 Å². The van der Waals surface area contributed by atoms with E-state index < -0.39 is 0 Å². The average molecular weight is 436 g/mol. The van der Waals surface area contributed by atoms with Gasteiger partial charge in [0.1, 0.15) is 6.54 Å². The first kappa shape index (κ1) is 21.5. The molecule has 2 heterocycles. The summed E-state index contributed by atoms with van der Waals surface area (Å²) in [5.41, 5.74) is 5.85. The molecule has 1 aliphatic carbocycles. The first-order chi connectivity index (χ1) is 15.0. The van der Waals surface area contributed by atoms with E-state index in [1.165, 1.54) is 18.4 Å². The number of hydrogen-bond donors (Lipinski definition) is 1. The van der Waals surface area contributed by atoms with E-state index in [2.05, 4.69) is 11.4 Å². The molecule has 5 nitrogen and oxygen atoms in total. The Kier molecular flexibility index (Phi) is 6.66. The van der Waals surface area contributed by atoms with Crippen molar-refractivity contribution in [2.75, 3.05) is 18.0 Å². The number of carbonyl (C=O) groups excluding carboxylic acids is 2. The molecule has 6 heteroatoms. The Bertz CT molecular complexity index is 1040. The number of nitrogens with zero attached hydrogens (tertiary/aromatic N) is 2. The van der Waals surface area contributed by atoms with Gasteiger partial charge in [-0.3, -0.25) is 9.59 Å². The van der Waals surface area contributed by atoms with E-state index in [1.807, 2.05) is 43.5 Å². The van der Waals surface area contributed by atoms with Crippen LogP contribution in [0.2, 0.25) is 0 Å². The number of thiophene rings is 1. The Morgan fingerprint density at radius 1 is 1.23 bits per heavy atom. The number of fused-ring (bicyclic) bond motifs is 1. The van der Waals surface area contributed by atoms with Crippen LogP contribution in [-0.4, -0.2) is 30.6 Å². The van der Waals surface area contributed by atoms with Gasteiger partial charge in [0, 0.05) is 11.4 Å². The lowest BCUT2D eigenvalue weighted by molar-refractivity contribution is -0.123. The third-order valence-corrected chi connectivity index (χ3v) is 6.94. The number of amides is 2. The third-order valence-electron chi connectivity index (χ3n) is 6.02. The minimum atomic E-state index is -0.131. The Morgan fingerprint density at radius 2 is 2.06 bits per heavy atom. The number of benzene rings is 1. The predicted molar refractivity (Wildman–Crippen MR) is 128 cm³/mol. The van der Waals surface area contributed by atoms with Gasteiger partial charge >= 0.3 is 0 Å². The van der Waals surface area contributed by atoms with Crippen molar-refractivity contribution in [2.24, 2.45) is 4.99 Å². The number of rotatable bonds is 6. The second-order valence-corrected chi connectivity index (χ2v) is 9.27. The molecule has 162 valence electrons. The molecular weight excluding hydrogens is 406 g/mol. The molecule has 0 saturated heterocycles. The van der Waals surface area contributed by atoms with Gasteiger partial charge in [0.15, 0.2) is 0 Å². The van der Waals surface area contributed by atoms with Gasteiger partial charge in [-0.05, 0) is 80.7 Å². The molecule has 2 aromatic rings. The van der Waals surface area contributed by atoms with Crippen LogP contribution in [0.15, 0.2) is 46.3 Å². The summed E-state index contributed by atoms with van der Waals surface area (Å²) in [6.45, 7) is 4.69. The molecule has 4 rings (SSSR count). The zero-order valence-corrected chi connectivity index (χ0v) is 19.1. The number of carbonyl (C=O) groups is 2. The van der Waals surface area contributed by atoms with Gasteiger partial charge in [0.25, 0.3) is 0 Å². The van der Waals surface area contributed by atoms with Crippen molar-refractivity contribution < 1.29 is 9.59 Å². The SMILES string of the molecule is Cc1cc2c(cc1C)N(CC(=O)NCCC1=CCCCC1)C(=O)CC(c1cccs1)=N2. The summed E-state index contributed by atoms with van der Waals surface area (Å²) in [6, 6.07) is 7.94. The van der Waals surface area contributed by atoms with Gasteiger partial charge in [-0.2, -0.15) is 0 Å². The quantitative estimate of drug-likeness (QED) is 0.632. The van der Waals surface area contributed by atoms with Crippen molar-refractivity contribution in [1.82, 2.24) is 5.32 Å². The Balaban J connectivity index is 1.52. The highest BCUT2D eigenvalue weighted by Crippen LogP contribution is 2.36. The maximum absolute atomic E-state index is 13.2. The Hall–Kier alpha value is -2.73. The predicted octanol–water partition coefficient (Wildman–Crippen LogP) is 5.23. The smallest absolute Gasteiger partial charge is 0.240 e. The van der Waals surface area contributed by atoms with Crippen LogP contribution >= 0.6 is 11.3 Å². The number of anilines is 1. The fraction of sp³-hybridized carbons (Fsp3) is 0.400. The molecule has 2 amide bonds.